The fourth-order valence-corrected chi connectivity index (χ4v) is 1.80. The molecule has 0 bridgehead atoms. The Kier molecular flexibility index (Phi) is 5.24. The average molecular weight is 218 g/mol. The van der Waals surface area contributed by atoms with E-state index in [0.29, 0.717) is 12.2 Å². The molecule has 0 N–H and O–H groups in total. The zero-order valence-corrected chi connectivity index (χ0v) is 10.7. The van der Waals surface area contributed by atoms with Crippen LogP contribution in [0.2, 0.25) is 0 Å². The summed E-state index contributed by atoms with van der Waals surface area (Å²) in [6, 6.07) is 6.30. The third-order valence-corrected chi connectivity index (χ3v) is 3.03. The molecular weight excluding hydrogens is 196 g/mol. The maximum absolute atomic E-state index is 11.7. The Morgan fingerprint density at radius 3 is 2.50 bits per heavy atom. The van der Waals surface area contributed by atoms with E-state index in [9.17, 15) is 4.79 Å². The first-order valence-corrected chi connectivity index (χ1v) is 6.21. The predicted octanol–water partition coefficient (Wildman–Crippen LogP) is 4.00. The highest BCUT2D eigenvalue weighted by atomic mass is 16.1. The van der Waals surface area contributed by atoms with Crippen LogP contribution in [0.3, 0.4) is 0 Å². The van der Waals surface area contributed by atoms with Gasteiger partial charge in [-0.15, -0.1) is 0 Å². The molecule has 0 saturated heterocycles. The molecule has 0 heterocycles. The molecule has 1 nitrogen and oxygen atoms in total. The van der Waals surface area contributed by atoms with Gasteiger partial charge in [0.15, 0.2) is 0 Å². The number of ketones is 1. The third-order valence-electron chi connectivity index (χ3n) is 3.03. The van der Waals surface area contributed by atoms with Crippen LogP contribution in [0.15, 0.2) is 18.2 Å². The summed E-state index contributed by atoms with van der Waals surface area (Å²) >= 11 is 0. The van der Waals surface area contributed by atoms with Gasteiger partial charge >= 0.3 is 0 Å². The Morgan fingerprint density at radius 1 is 1.12 bits per heavy atom. The summed E-state index contributed by atoms with van der Waals surface area (Å²) in [6.07, 6.45) is 4.72. The Hall–Kier alpha value is -1.11. The van der Waals surface area contributed by atoms with Gasteiger partial charge in [-0.25, -0.2) is 0 Å². The van der Waals surface area contributed by atoms with Crippen molar-refractivity contribution in [3.63, 3.8) is 0 Å². The quantitative estimate of drug-likeness (QED) is 0.660. The summed E-state index contributed by atoms with van der Waals surface area (Å²) < 4.78 is 0. The second-order valence-electron chi connectivity index (χ2n) is 4.59. The van der Waals surface area contributed by atoms with Crippen molar-refractivity contribution in [2.24, 2.45) is 0 Å². The van der Waals surface area contributed by atoms with Crippen LogP contribution in [0, 0.1) is 13.8 Å². The Labute approximate surface area is 98.9 Å². The van der Waals surface area contributed by atoms with E-state index in [-0.39, 0.29) is 0 Å². The van der Waals surface area contributed by atoms with E-state index in [1.54, 1.807) is 0 Å². The molecule has 1 rings (SSSR count). The molecule has 1 aromatic carbocycles. The SMILES string of the molecule is CCCCCC(=O)Cc1ccc(C)c(C)c1. The van der Waals surface area contributed by atoms with Gasteiger partial charge in [0.25, 0.3) is 0 Å². The van der Waals surface area contributed by atoms with E-state index in [0.717, 1.165) is 18.4 Å². The molecule has 0 fully saturated rings. The molecule has 0 aliphatic rings. The van der Waals surface area contributed by atoms with Gasteiger partial charge in [0.2, 0.25) is 0 Å². The number of benzene rings is 1. The summed E-state index contributed by atoms with van der Waals surface area (Å²) in [5, 5.41) is 0. The second-order valence-corrected chi connectivity index (χ2v) is 4.59. The lowest BCUT2D eigenvalue weighted by molar-refractivity contribution is -0.118. The maximum atomic E-state index is 11.7. The molecule has 0 aromatic heterocycles. The van der Waals surface area contributed by atoms with E-state index < -0.39 is 0 Å². The first kappa shape index (κ1) is 13.0. The van der Waals surface area contributed by atoms with Gasteiger partial charge in [-0.3, -0.25) is 4.79 Å². The summed E-state index contributed by atoms with van der Waals surface area (Å²) in [4.78, 5) is 11.7. The predicted molar refractivity (Wildman–Crippen MR) is 68.8 cm³/mol. The van der Waals surface area contributed by atoms with Crippen LogP contribution in [0.25, 0.3) is 0 Å². The lowest BCUT2D eigenvalue weighted by Gasteiger charge is -2.04. The van der Waals surface area contributed by atoms with Crippen molar-refractivity contribution >= 4 is 5.78 Å². The molecule has 0 saturated carbocycles. The Bertz CT molecular complexity index is 352. The van der Waals surface area contributed by atoms with Gasteiger partial charge in [0.05, 0.1) is 0 Å². The lowest BCUT2D eigenvalue weighted by Crippen LogP contribution is -2.02. The van der Waals surface area contributed by atoms with Crippen LogP contribution in [-0.2, 0) is 11.2 Å². The largest absolute Gasteiger partial charge is 0.299 e. The highest BCUT2D eigenvalue weighted by molar-refractivity contribution is 5.80. The number of unbranched alkanes of at least 4 members (excludes halogenated alkanes) is 2. The van der Waals surface area contributed by atoms with Crippen molar-refractivity contribution in [3.8, 4) is 0 Å². The standard InChI is InChI=1S/C15H22O/c1-4-5-6-7-15(16)11-14-9-8-12(2)13(3)10-14/h8-10H,4-7,11H2,1-3H3. The molecule has 0 unspecified atom stereocenters. The zero-order chi connectivity index (χ0) is 12.0. The van der Waals surface area contributed by atoms with E-state index in [1.807, 2.05) is 0 Å². The number of carbonyl (C=O) groups is 1. The smallest absolute Gasteiger partial charge is 0.137 e. The number of rotatable bonds is 6. The molecule has 0 radical (unpaired) electrons. The Balaban J connectivity index is 2.46. The van der Waals surface area contributed by atoms with Gasteiger partial charge < -0.3 is 0 Å². The molecule has 1 heteroatoms. The number of aryl methyl sites for hydroxylation is 2. The second kappa shape index (κ2) is 6.47. The molecule has 88 valence electrons. The fraction of sp³-hybridized carbons (Fsp3) is 0.533. The number of hydrogen-bond acceptors (Lipinski definition) is 1. The normalized spacial score (nSPS) is 10.4. The maximum Gasteiger partial charge on any atom is 0.137 e. The van der Waals surface area contributed by atoms with Crippen molar-refractivity contribution in [1.82, 2.24) is 0 Å². The van der Waals surface area contributed by atoms with Gasteiger partial charge in [0, 0.05) is 12.8 Å². The van der Waals surface area contributed by atoms with Crippen LogP contribution in [-0.4, -0.2) is 5.78 Å². The summed E-state index contributed by atoms with van der Waals surface area (Å²) in [5.41, 5.74) is 3.73. The van der Waals surface area contributed by atoms with E-state index >= 15 is 0 Å². The zero-order valence-electron chi connectivity index (χ0n) is 10.7. The minimum absolute atomic E-state index is 0.372. The molecular formula is C15H22O. The average Bonchev–Trinajstić information content (AvgIpc) is 2.24. The van der Waals surface area contributed by atoms with Gasteiger partial charge in [-0.1, -0.05) is 38.0 Å². The first-order valence-electron chi connectivity index (χ1n) is 6.21. The van der Waals surface area contributed by atoms with Crippen LogP contribution >= 0.6 is 0 Å². The molecule has 1 aromatic rings. The van der Waals surface area contributed by atoms with Crippen molar-refractivity contribution < 1.29 is 4.79 Å². The third kappa shape index (κ3) is 4.18. The minimum Gasteiger partial charge on any atom is -0.299 e. The van der Waals surface area contributed by atoms with Crippen LogP contribution in [0.5, 0.6) is 0 Å². The summed E-state index contributed by atoms with van der Waals surface area (Å²) in [7, 11) is 0. The van der Waals surface area contributed by atoms with Gasteiger partial charge in [0.1, 0.15) is 5.78 Å². The van der Waals surface area contributed by atoms with Crippen molar-refractivity contribution in [2.75, 3.05) is 0 Å². The van der Waals surface area contributed by atoms with Gasteiger partial charge in [-0.05, 0) is 37.0 Å². The van der Waals surface area contributed by atoms with Crippen LogP contribution in [0.1, 0.15) is 49.3 Å². The van der Waals surface area contributed by atoms with Crippen molar-refractivity contribution in [1.29, 1.82) is 0 Å². The van der Waals surface area contributed by atoms with Crippen LogP contribution < -0.4 is 0 Å². The van der Waals surface area contributed by atoms with E-state index in [4.69, 9.17) is 0 Å². The number of Topliss-reactive ketones (excluding diaryl/α,β-unsaturated/α-hetero) is 1. The molecule has 0 spiro atoms. The Morgan fingerprint density at radius 2 is 1.88 bits per heavy atom. The molecule has 0 atom stereocenters. The topological polar surface area (TPSA) is 17.1 Å². The minimum atomic E-state index is 0.372. The fourth-order valence-electron chi connectivity index (χ4n) is 1.80. The van der Waals surface area contributed by atoms with Crippen molar-refractivity contribution in [2.45, 2.75) is 52.9 Å². The summed E-state index contributed by atoms with van der Waals surface area (Å²) in [5.74, 6) is 0.372. The van der Waals surface area contributed by atoms with Crippen molar-refractivity contribution in [3.05, 3.63) is 34.9 Å². The lowest BCUT2D eigenvalue weighted by atomic mass is 10.0. The van der Waals surface area contributed by atoms with E-state index in [2.05, 4.69) is 39.0 Å². The van der Waals surface area contributed by atoms with E-state index in [1.165, 1.54) is 24.0 Å². The highest BCUT2D eigenvalue weighted by Gasteiger charge is 2.04. The highest BCUT2D eigenvalue weighted by Crippen LogP contribution is 2.12. The van der Waals surface area contributed by atoms with Gasteiger partial charge in [-0.2, -0.15) is 0 Å². The number of hydrogen-bond donors (Lipinski definition) is 0. The molecule has 0 aliphatic carbocycles. The molecule has 0 aliphatic heterocycles. The monoisotopic (exact) mass is 218 g/mol. The molecule has 0 amide bonds. The summed E-state index contributed by atoms with van der Waals surface area (Å²) in [6.45, 7) is 6.36. The first-order chi connectivity index (χ1) is 7.63. The molecule has 16 heavy (non-hydrogen) atoms. The number of carbonyl (C=O) groups excluding carboxylic acids is 1. The van der Waals surface area contributed by atoms with Crippen LogP contribution in [0.4, 0.5) is 0 Å².